The van der Waals surface area contributed by atoms with Crippen molar-refractivity contribution in [1.29, 1.82) is 0 Å². The third-order valence-corrected chi connectivity index (χ3v) is 4.28. The highest BCUT2D eigenvalue weighted by molar-refractivity contribution is 5.98. The van der Waals surface area contributed by atoms with Gasteiger partial charge in [0.1, 0.15) is 0 Å². The SMILES string of the molecule is COC1=CC2CC2(C(C)C)C(=O)C1(OC)OC. The van der Waals surface area contributed by atoms with Gasteiger partial charge in [-0.25, -0.2) is 0 Å². The van der Waals surface area contributed by atoms with E-state index in [-0.39, 0.29) is 23.0 Å². The van der Waals surface area contributed by atoms with Gasteiger partial charge in [-0.2, -0.15) is 0 Å². The Hall–Kier alpha value is -0.870. The first kappa shape index (κ1) is 12.6. The Morgan fingerprint density at radius 1 is 1.29 bits per heavy atom. The van der Waals surface area contributed by atoms with Crippen molar-refractivity contribution >= 4 is 5.78 Å². The van der Waals surface area contributed by atoms with Crippen LogP contribution < -0.4 is 0 Å². The molecular formula is C13H20O4. The number of ketones is 1. The molecule has 2 rings (SSSR count). The quantitative estimate of drug-likeness (QED) is 0.702. The van der Waals surface area contributed by atoms with E-state index in [2.05, 4.69) is 13.8 Å². The second-order valence-electron chi connectivity index (χ2n) is 5.09. The van der Waals surface area contributed by atoms with E-state index in [1.807, 2.05) is 6.08 Å². The molecule has 0 aliphatic heterocycles. The van der Waals surface area contributed by atoms with E-state index in [4.69, 9.17) is 14.2 Å². The molecule has 1 fully saturated rings. The molecule has 2 aliphatic rings. The van der Waals surface area contributed by atoms with E-state index in [1.54, 1.807) is 0 Å². The number of fused-ring (bicyclic) bond motifs is 1. The molecule has 1 saturated carbocycles. The fourth-order valence-corrected chi connectivity index (χ4v) is 3.08. The lowest BCUT2D eigenvalue weighted by Crippen LogP contribution is -2.52. The van der Waals surface area contributed by atoms with Crippen LogP contribution in [-0.4, -0.2) is 32.9 Å². The maximum atomic E-state index is 12.7. The highest BCUT2D eigenvalue weighted by atomic mass is 16.7. The lowest BCUT2D eigenvalue weighted by atomic mass is 9.78. The summed E-state index contributed by atoms with van der Waals surface area (Å²) in [7, 11) is 4.49. The van der Waals surface area contributed by atoms with E-state index in [9.17, 15) is 4.79 Å². The van der Waals surface area contributed by atoms with Crippen LogP contribution in [0.5, 0.6) is 0 Å². The summed E-state index contributed by atoms with van der Waals surface area (Å²) in [4.78, 5) is 12.7. The van der Waals surface area contributed by atoms with E-state index < -0.39 is 5.79 Å². The molecule has 0 N–H and O–H groups in total. The molecular weight excluding hydrogens is 220 g/mol. The van der Waals surface area contributed by atoms with Crippen LogP contribution in [-0.2, 0) is 19.0 Å². The normalized spacial score (nSPS) is 34.4. The number of methoxy groups -OCH3 is 3. The summed E-state index contributed by atoms with van der Waals surface area (Å²) in [5.74, 6) is -0.338. The van der Waals surface area contributed by atoms with Crippen molar-refractivity contribution in [2.75, 3.05) is 21.3 Å². The molecule has 2 unspecified atom stereocenters. The molecule has 2 aliphatic carbocycles. The van der Waals surface area contributed by atoms with Crippen LogP contribution in [0.15, 0.2) is 11.8 Å². The van der Waals surface area contributed by atoms with Gasteiger partial charge < -0.3 is 14.2 Å². The molecule has 4 nitrogen and oxygen atoms in total. The topological polar surface area (TPSA) is 44.8 Å². The van der Waals surface area contributed by atoms with E-state index in [0.29, 0.717) is 5.76 Å². The summed E-state index contributed by atoms with van der Waals surface area (Å²) in [5.41, 5.74) is -0.325. The predicted molar refractivity (Wildman–Crippen MR) is 62.2 cm³/mol. The number of allylic oxidation sites excluding steroid dienone is 1. The largest absolute Gasteiger partial charge is 0.495 e. The van der Waals surface area contributed by atoms with E-state index >= 15 is 0 Å². The van der Waals surface area contributed by atoms with Crippen molar-refractivity contribution < 1.29 is 19.0 Å². The van der Waals surface area contributed by atoms with Crippen LogP contribution in [0, 0.1) is 17.3 Å². The van der Waals surface area contributed by atoms with Gasteiger partial charge in [0.2, 0.25) is 5.78 Å². The average molecular weight is 240 g/mol. The Bertz CT molecular complexity index is 368. The van der Waals surface area contributed by atoms with Gasteiger partial charge in [0.25, 0.3) is 5.79 Å². The number of hydrogen-bond acceptors (Lipinski definition) is 4. The molecule has 0 spiro atoms. The maximum absolute atomic E-state index is 12.7. The van der Waals surface area contributed by atoms with Gasteiger partial charge >= 0.3 is 0 Å². The Morgan fingerprint density at radius 3 is 2.29 bits per heavy atom. The number of ether oxygens (including phenoxy) is 3. The number of hydrogen-bond donors (Lipinski definition) is 0. The van der Waals surface area contributed by atoms with Gasteiger partial charge in [-0.15, -0.1) is 0 Å². The van der Waals surface area contributed by atoms with Gasteiger partial charge in [0, 0.05) is 19.6 Å². The number of rotatable bonds is 4. The Morgan fingerprint density at radius 2 is 1.88 bits per heavy atom. The molecule has 2 atom stereocenters. The monoisotopic (exact) mass is 240 g/mol. The third kappa shape index (κ3) is 1.34. The number of carbonyl (C=O) groups is 1. The Labute approximate surface area is 102 Å². The highest BCUT2D eigenvalue weighted by Gasteiger charge is 2.70. The van der Waals surface area contributed by atoms with Crippen LogP contribution in [0.2, 0.25) is 0 Å². The summed E-state index contributed by atoms with van der Waals surface area (Å²) in [5, 5.41) is 0. The Kier molecular flexibility index (Phi) is 2.83. The van der Waals surface area contributed by atoms with Crippen molar-refractivity contribution in [2.24, 2.45) is 17.3 Å². The Balaban J connectivity index is 2.49. The van der Waals surface area contributed by atoms with E-state index in [0.717, 1.165) is 6.42 Å². The minimum atomic E-state index is -1.36. The fourth-order valence-electron chi connectivity index (χ4n) is 3.08. The van der Waals surface area contributed by atoms with E-state index in [1.165, 1.54) is 21.3 Å². The minimum absolute atomic E-state index is 0.00523. The first-order valence-corrected chi connectivity index (χ1v) is 5.91. The standard InChI is InChI=1S/C13H20O4/c1-8(2)12-7-9(12)6-10(15-3)13(16-4,17-5)11(12)14/h6,8-9H,7H2,1-5H3. The maximum Gasteiger partial charge on any atom is 0.289 e. The fraction of sp³-hybridized carbons (Fsp3) is 0.769. The molecule has 17 heavy (non-hydrogen) atoms. The molecule has 0 amide bonds. The molecule has 0 bridgehead atoms. The van der Waals surface area contributed by atoms with Crippen molar-refractivity contribution in [3.63, 3.8) is 0 Å². The van der Waals surface area contributed by atoms with Gasteiger partial charge in [-0.3, -0.25) is 4.79 Å². The summed E-state index contributed by atoms with van der Waals surface area (Å²) in [6.07, 6.45) is 2.85. The van der Waals surface area contributed by atoms with Gasteiger partial charge in [0.15, 0.2) is 5.76 Å². The van der Waals surface area contributed by atoms with Crippen molar-refractivity contribution in [1.82, 2.24) is 0 Å². The van der Waals surface area contributed by atoms with Crippen LogP contribution in [0.3, 0.4) is 0 Å². The van der Waals surface area contributed by atoms with Gasteiger partial charge in [-0.05, 0) is 24.3 Å². The predicted octanol–water partition coefficient (Wildman–Crippen LogP) is 1.75. The highest BCUT2D eigenvalue weighted by Crippen LogP contribution is 2.64. The lowest BCUT2D eigenvalue weighted by Gasteiger charge is -2.38. The van der Waals surface area contributed by atoms with Crippen molar-refractivity contribution in [2.45, 2.75) is 26.1 Å². The summed E-state index contributed by atoms with van der Waals surface area (Å²) in [6.45, 7) is 4.14. The molecule has 0 heterocycles. The molecule has 4 heteroatoms. The molecule has 0 aromatic heterocycles. The molecule has 96 valence electrons. The smallest absolute Gasteiger partial charge is 0.289 e. The zero-order valence-electron chi connectivity index (χ0n) is 11.1. The van der Waals surface area contributed by atoms with Gasteiger partial charge in [0.05, 0.1) is 7.11 Å². The molecule has 0 aromatic rings. The second-order valence-corrected chi connectivity index (χ2v) is 5.09. The zero-order chi connectivity index (χ0) is 12.8. The minimum Gasteiger partial charge on any atom is -0.495 e. The second kappa shape index (κ2) is 3.82. The van der Waals surface area contributed by atoms with Crippen LogP contribution in [0.1, 0.15) is 20.3 Å². The first-order valence-electron chi connectivity index (χ1n) is 5.91. The van der Waals surface area contributed by atoms with Crippen LogP contribution >= 0.6 is 0 Å². The lowest BCUT2D eigenvalue weighted by molar-refractivity contribution is -0.212. The summed E-state index contributed by atoms with van der Waals surface area (Å²) < 4.78 is 16.0. The molecule has 0 aromatic carbocycles. The average Bonchev–Trinajstić information content (AvgIpc) is 3.05. The summed E-state index contributed by atoms with van der Waals surface area (Å²) in [6, 6.07) is 0. The number of Topliss-reactive ketones (excluding diaryl/α,β-unsaturated/α-hetero) is 1. The molecule has 0 radical (unpaired) electrons. The zero-order valence-corrected chi connectivity index (χ0v) is 11.1. The third-order valence-electron chi connectivity index (χ3n) is 4.28. The summed E-state index contributed by atoms with van der Waals surface area (Å²) >= 11 is 0. The van der Waals surface area contributed by atoms with Crippen LogP contribution in [0.25, 0.3) is 0 Å². The first-order chi connectivity index (χ1) is 7.99. The van der Waals surface area contributed by atoms with Crippen LogP contribution in [0.4, 0.5) is 0 Å². The van der Waals surface area contributed by atoms with Gasteiger partial charge in [-0.1, -0.05) is 13.8 Å². The van der Waals surface area contributed by atoms with Crippen molar-refractivity contribution in [3.05, 3.63) is 11.8 Å². The van der Waals surface area contributed by atoms with Crippen molar-refractivity contribution in [3.8, 4) is 0 Å². The molecule has 0 saturated heterocycles. The number of carbonyl (C=O) groups excluding carboxylic acids is 1.